The van der Waals surface area contributed by atoms with Gasteiger partial charge < -0.3 is 4.74 Å². The third kappa shape index (κ3) is 4.05. The number of aryl methyl sites for hydroxylation is 2. The van der Waals surface area contributed by atoms with Crippen molar-refractivity contribution in [1.82, 2.24) is 0 Å². The Morgan fingerprint density at radius 2 is 1.69 bits per heavy atom. The average Bonchev–Trinajstić information content (AvgIpc) is 2.65. The predicted molar refractivity (Wildman–Crippen MR) is 97.1 cm³/mol. The summed E-state index contributed by atoms with van der Waals surface area (Å²) in [6, 6.07) is 8.59. The minimum atomic E-state index is -0.895. The van der Waals surface area contributed by atoms with E-state index in [4.69, 9.17) is 4.74 Å². The Bertz CT molecular complexity index is 764. The van der Waals surface area contributed by atoms with Gasteiger partial charge in [-0.1, -0.05) is 18.2 Å². The summed E-state index contributed by atoms with van der Waals surface area (Å²) in [6.45, 7) is 1.77. The fraction of sp³-hybridized carbons (Fsp3) is 0.455. The van der Waals surface area contributed by atoms with Crippen molar-refractivity contribution in [3.8, 4) is 5.75 Å². The van der Waals surface area contributed by atoms with Crippen LogP contribution < -0.4 is 4.74 Å². The van der Waals surface area contributed by atoms with Crippen LogP contribution >= 0.6 is 0 Å². The number of benzene rings is 2. The maximum Gasteiger partial charge on any atom is 0.200 e. The normalized spacial score (nSPS) is 20.2. The van der Waals surface area contributed by atoms with E-state index in [1.54, 1.807) is 19.1 Å². The number of rotatable bonds is 5. The zero-order valence-corrected chi connectivity index (χ0v) is 15.3. The van der Waals surface area contributed by atoms with E-state index >= 15 is 0 Å². The first-order valence-corrected chi connectivity index (χ1v) is 9.26. The summed E-state index contributed by atoms with van der Waals surface area (Å²) >= 11 is 0. The fourth-order valence-corrected chi connectivity index (χ4v) is 3.94. The van der Waals surface area contributed by atoms with Crippen LogP contribution in [0.25, 0.3) is 0 Å². The van der Waals surface area contributed by atoms with Crippen LogP contribution in [0.2, 0.25) is 0 Å². The van der Waals surface area contributed by atoms with Gasteiger partial charge in [0.25, 0.3) is 0 Å². The second-order valence-corrected chi connectivity index (χ2v) is 7.32. The van der Waals surface area contributed by atoms with Gasteiger partial charge in [-0.05, 0) is 86.1 Å². The van der Waals surface area contributed by atoms with E-state index < -0.39 is 11.6 Å². The Morgan fingerprint density at radius 3 is 2.35 bits per heavy atom. The fourth-order valence-electron chi connectivity index (χ4n) is 3.94. The summed E-state index contributed by atoms with van der Waals surface area (Å²) in [6.07, 6.45) is 5.57. The van der Waals surface area contributed by atoms with Crippen molar-refractivity contribution < 1.29 is 17.9 Å². The van der Waals surface area contributed by atoms with Gasteiger partial charge >= 0.3 is 0 Å². The smallest absolute Gasteiger partial charge is 0.200 e. The zero-order chi connectivity index (χ0) is 18.7. The summed E-state index contributed by atoms with van der Waals surface area (Å²) in [5.74, 6) is -1.25. The summed E-state index contributed by atoms with van der Waals surface area (Å²) in [5, 5.41) is 0. The predicted octanol–water partition coefficient (Wildman–Crippen LogP) is 6.33. The zero-order valence-electron chi connectivity index (χ0n) is 15.3. The maximum atomic E-state index is 14.3. The van der Waals surface area contributed by atoms with Crippen LogP contribution in [0, 0.1) is 30.3 Å². The SMILES string of the molecule is COc1ccc(C2CCC(CCc3ccc(C)c(F)c3)CC2)c(F)c1F. The summed E-state index contributed by atoms with van der Waals surface area (Å²) in [7, 11) is 1.34. The molecule has 2 aromatic carbocycles. The molecule has 0 radical (unpaired) electrons. The Balaban J connectivity index is 1.56. The number of ether oxygens (including phenoxy) is 1. The highest BCUT2D eigenvalue weighted by Crippen LogP contribution is 2.39. The molecule has 0 saturated heterocycles. The Labute approximate surface area is 153 Å². The highest BCUT2D eigenvalue weighted by Gasteiger charge is 2.26. The van der Waals surface area contributed by atoms with Crippen molar-refractivity contribution in [1.29, 1.82) is 0 Å². The van der Waals surface area contributed by atoms with E-state index in [0.29, 0.717) is 17.0 Å². The summed E-state index contributed by atoms with van der Waals surface area (Å²) in [4.78, 5) is 0. The molecule has 1 nitrogen and oxygen atoms in total. The molecule has 0 spiro atoms. The van der Waals surface area contributed by atoms with E-state index in [2.05, 4.69) is 0 Å². The number of hydrogen-bond acceptors (Lipinski definition) is 1. The van der Waals surface area contributed by atoms with Gasteiger partial charge in [-0.2, -0.15) is 4.39 Å². The molecule has 1 saturated carbocycles. The van der Waals surface area contributed by atoms with Crippen molar-refractivity contribution in [3.63, 3.8) is 0 Å². The third-order valence-electron chi connectivity index (χ3n) is 5.66. The molecule has 0 N–H and O–H groups in total. The molecule has 0 atom stereocenters. The molecule has 1 aliphatic rings. The molecule has 140 valence electrons. The van der Waals surface area contributed by atoms with Crippen LogP contribution in [0.4, 0.5) is 13.2 Å². The second kappa shape index (κ2) is 8.15. The van der Waals surface area contributed by atoms with Gasteiger partial charge in [0.15, 0.2) is 11.6 Å². The van der Waals surface area contributed by atoms with E-state index in [9.17, 15) is 13.2 Å². The first kappa shape index (κ1) is 18.8. The van der Waals surface area contributed by atoms with Gasteiger partial charge in [0.2, 0.25) is 5.82 Å². The third-order valence-corrected chi connectivity index (χ3v) is 5.66. The summed E-state index contributed by atoms with van der Waals surface area (Å²) < 4.78 is 46.7. The lowest BCUT2D eigenvalue weighted by Crippen LogP contribution is -2.15. The Morgan fingerprint density at radius 1 is 0.962 bits per heavy atom. The number of hydrogen-bond donors (Lipinski definition) is 0. The molecular weight excluding hydrogens is 337 g/mol. The number of halogens is 3. The van der Waals surface area contributed by atoms with Crippen LogP contribution in [-0.4, -0.2) is 7.11 Å². The lowest BCUT2D eigenvalue weighted by atomic mass is 9.76. The molecule has 1 fully saturated rings. The van der Waals surface area contributed by atoms with E-state index in [1.807, 2.05) is 12.1 Å². The van der Waals surface area contributed by atoms with Crippen molar-refractivity contribution in [2.75, 3.05) is 7.11 Å². The van der Waals surface area contributed by atoms with Gasteiger partial charge in [0.1, 0.15) is 5.82 Å². The molecule has 0 aliphatic heterocycles. The topological polar surface area (TPSA) is 9.23 Å². The monoisotopic (exact) mass is 362 g/mol. The maximum absolute atomic E-state index is 14.3. The van der Waals surface area contributed by atoms with Gasteiger partial charge in [0, 0.05) is 0 Å². The van der Waals surface area contributed by atoms with Crippen LogP contribution in [-0.2, 0) is 6.42 Å². The largest absolute Gasteiger partial charge is 0.494 e. The van der Waals surface area contributed by atoms with Crippen molar-refractivity contribution in [2.24, 2.45) is 5.92 Å². The molecule has 0 amide bonds. The lowest BCUT2D eigenvalue weighted by Gasteiger charge is -2.29. The first-order valence-electron chi connectivity index (χ1n) is 9.26. The van der Waals surface area contributed by atoms with Gasteiger partial charge in [-0.3, -0.25) is 0 Å². The molecule has 3 rings (SSSR count). The van der Waals surface area contributed by atoms with Crippen molar-refractivity contribution >= 4 is 0 Å². The highest BCUT2D eigenvalue weighted by molar-refractivity contribution is 5.33. The first-order chi connectivity index (χ1) is 12.5. The molecule has 0 aromatic heterocycles. The number of methoxy groups -OCH3 is 1. The quantitative estimate of drug-likeness (QED) is 0.604. The molecule has 2 aromatic rings. The van der Waals surface area contributed by atoms with Crippen LogP contribution in [0.5, 0.6) is 5.75 Å². The minimum Gasteiger partial charge on any atom is -0.494 e. The van der Waals surface area contributed by atoms with E-state index in [-0.39, 0.29) is 17.5 Å². The van der Waals surface area contributed by atoms with Crippen LogP contribution in [0.3, 0.4) is 0 Å². The highest BCUT2D eigenvalue weighted by atomic mass is 19.2. The Kier molecular flexibility index (Phi) is 5.90. The molecule has 1 aliphatic carbocycles. The van der Waals surface area contributed by atoms with Crippen molar-refractivity contribution in [2.45, 2.75) is 51.4 Å². The molecular formula is C22H25F3O. The minimum absolute atomic E-state index is 0.0507. The van der Waals surface area contributed by atoms with Gasteiger partial charge in [-0.25, -0.2) is 8.78 Å². The van der Waals surface area contributed by atoms with Crippen molar-refractivity contribution in [3.05, 3.63) is 64.5 Å². The average molecular weight is 362 g/mol. The lowest BCUT2D eigenvalue weighted by molar-refractivity contribution is 0.303. The van der Waals surface area contributed by atoms with Crippen LogP contribution in [0.1, 0.15) is 54.7 Å². The molecule has 0 heterocycles. The van der Waals surface area contributed by atoms with E-state index in [1.165, 1.54) is 13.2 Å². The molecule has 4 heteroatoms. The van der Waals surface area contributed by atoms with E-state index in [0.717, 1.165) is 44.1 Å². The standard InChI is InChI=1S/C22H25F3O/c1-14-3-4-16(13-19(14)23)6-5-15-7-9-17(10-8-15)18-11-12-20(26-2)22(25)21(18)24/h3-4,11-13,15,17H,5-10H2,1-2H3. The molecule has 0 unspecified atom stereocenters. The second-order valence-electron chi connectivity index (χ2n) is 7.32. The Hall–Kier alpha value is -1.97. The van der Waals surface area contributed by atoms with Gasteiger partial charge in [-0.15, -0.1) is 0 Å². The van der Waals surface area contributed by atoms with Gasteiger partial charge in [0.05, 0.1) is 7.11 Å². The van der Waals surface area contributed by atoms with Crippen LogP contribution in [0.15, 0.2) is 30.3 Å². The molecule has 0 bridgehead atoms. The molecule has 26 heavy (non-hydrogen) atoms. The summed E-state index contributed by atoms with van der Waals surface area (Å²) in [5.41, 5.74) is 2.16.